The summed E-state index contributed by atoms with van der Waals surface area (Å²) in [6.07, 6.45) is 1.32. The number of anilines is 1. The average Bonchev–Trinajstić information content (AvgIpc) is 3.28. The molecule has 2 N–H and O–H groups in total. The molecule has 2 heterocycles. The quantitative estimate of drug-likeness (QED) is 0.651. The Morgan fingerprint density at radius 1 is 1.24 bits per heavy atom. The van der Waals surface area contributed by atoms with Crippen molar-refractivity contribution in [3.05, 3.63) is 47.5 Å². The number of rotatable bonds is 5. The van der Waals surface area contributed by atoms with Crippen LogP contribution in [0.4, 0.5) is 5.69 Å². The van der Waals surface area contributed by atoms with Crippen LogP contribution in [0.5, 0.6) is 0 Å². The third-order valence-electron chi connectivity index (χ3n) is 5.22. The van der Waals surface area contributed by atoms with Crippen molar-refractivity contribution in [2.45, 2.75) is 32.7 Å². The van der Waals surface area contributed by atoms with E-state index in [1.807, 2.05) is 56.3 Å². The molecule has 4 rings (SSSR count). The van der Waals surface area contributed by atoms with Crippen molar-refractivity contribution < 1.29 is 9.59 Å². The maximum absolute atomic E-state index is 12.9. The zero-order valence-electron chi connectivity index (χ0n) is 16.4. The van der Waals surface area contributed by atoms with Gasteiger partial charge in [-0.1, -0.05) is 37.6 Å². The second-order valence-electron chi connectivity index (χ2n) is 7.67. The van der Waals surface area contributed by atoms with Crippen LogP contribution in [0.1, 0.15) is 26.7 Å². The lowest BCUT2D eigenvalue weighted by molar-refractivity contribution is -0.136. The number of carbonyl (C=O) groups excluding carboxylic acids is 2. The molecule has 0 radical (unpaired) electrons. The van der Waals surface area contributed by atoms with Crippen LogP contribution in [0.25, 0.3) is 22.4 Å². The summed E-state index contributed by atoms with van der Waals surface area (Å²) >= 11 is 6.28. The van der Waals surface area contributed by atoms with Gasteiger partial charge >= 0.3 is 0 Å². The molecular weight excluding hydrogens is 388 g/mol. The lowest BCUT2D eigenvalue weighted by atomic mass is 10.0. The average molecular weight is 411 g/mol. The number of likely N-dealkylation sites (tertiary alicyclic amines) is 1. The van der Waals surface area contributed by atoms with Crippen LogP contribution in [0.3, 0.4) is 0 Å². The zero-order chi connectivity index (χ0) is 20.5. The molecule has 1 fully saturated rings. The van der Waals surface area contributed by atoms with Crippen molar-refractivity contribution in [3.63, 3.8) is 0 Å². The Labute approximate surface area is 174 Å². The van der Waals surface area contributed by atoms with E-state index in [0.717, 1.165) is 23.0 Å². The maximum atomic E-state index is 12.9. The molecule has 7 heteroatoms. The molecule has 2 amide bonds. The lowest BCUT2D eigenvalue weighted by Gasteiger charge is -2.29. The molecule has 29 heavy (non-hydrogen) atoms. The Balaban J connectivity index is 1.58. The minimum Gasteiger partial charge on any atom is -0.338 e. The summed E-state index contributed by atoms with van der Waals surface area (Å²) in [5, 5.41) is 3.59. The summed E-state index contributed by atoms with van der Waals surface area (Å²) in [6, 6.07) is 12.6. The highest BCUT2D eigenvalue weighted by Gasteiger charge is 2.34. The number of amides is 2. The molecular formula is C22H23ClN4O2. The number of nitrogens with one attached hydrogen (secondary N) is 2. The van der Waals surface area contributed by atoms with Gasteiger partial charge in [0.1, 0.15) is 11.9 Å². The highest BCUT2D eigenvalue weighted by molar-refractivity contribution is 6.33. The minimum absolute atomic E-state index is 0.0276. The van der Waals surface area contributed by atoms with Crippen LogP contribution in [0, 0.1) is 5.92 Å². The summed E-state index contributed by atoms with van der Waals surface area (Å²) in [4.78, 5) is 34.6. The van der Waals surface area contributed by atoms with Gasteiger partial charge in [0.25, 0.3) is 0 Å². The molecule has 0 aliphatic carbocycles. The zero-order valence-corrected chi connectivity index (χ0v) is 17.2. The van der Waals surface area contributed by atoms with Gasteiger partial charge in [0, 0.05) is 24.2 Å². The summed E-state index contributed by atoms with van der Waals surface area (Å²) in [7, 11) is 0. The van der Waals surface area contributed by atoms with Crippen LogP contribution in [0.2, 0.25) is 5.02 Å². The number of nitrogens with zero attached hydrogens (tertiary/aromatic N) is 2. The van der Waals surface area contributed by atoms with Gasteiger partial charge in [-0.3, -0.25) is 9.59 Å². The molecule has 0 saturated carbocycles. The molecule has 0 spiro atoms. The van der Waals surface area contributed by atoms with Gasteiger partial charge in [-0.15, -0.1) is 0 Å². The number of hydrogen-bond donors (Lipinski definition) is 2. The normalized spacial score (nSPS) is 15.3. The molecule has 1 saturated heterocycles. The van der Waals surface area contributed by atoms with E-state index in [4.69, 9.17) is 11.6 Å². The molecule has 3 aromatic rings. The first-order valence-electron chi connectivity index (χ1n) is 9.79. The number of hydrogen-bond acceptors (Lipinski definition) is 3. The van der Waals surface area contributed by atoms with Gasteiger partial charge in [-0.05, 0) is 42.7 Å². The van der Waals surface area contributed by atoms with Crippen LogP contribution in [-0.4, -0.2) is 39.3 Å². The van der Waals surface area contributed by atoms with E-state index in [9.17, 15) is 9.59 Å². The van der Waals surface area contributed by atoms with Crippen LogP contribution in [0.15, 0.2) is 42.5 Å². The summed E-state index contributed by atoms with van der Waals surface area (Å²) in [5.74, 6) is 0.587. The van der Waals surface area contributed by atoms with Crippen molar-refractivity contribution in [2.24, 2.45) is 5.92 Å². The van der Waals surface area contributed by atoms with Gasteiger partial charge in [0.2, 0.25) is 11.8 Å². The Kier molecular flexibility index (Phi) is 5.28. The first kappa shape index (κ1) is 19.5. The summed E-state index contributed by atoms with van der Waals surface area (Å²) in [5.41, 5.74) is 3.07. The molecule has 1 aromatic heterocycles. The van der Waals surface area contributed by atoms with E-state index in [1.165, 1.54) is 0 Å². The van der Waals surface area contributed by atoms with Crippen molar-refractivity contribution in [2.75, 3.05) is 11.9 Å². The van der Waals surface area contributed by atoms with Gasteiger partial charge in [0.15, 0.2) is 0 Å². The highest BCUT2D eigenvalue weighted by atomic mass is 35.5. The number of carbonyl (C=O) groups is 2. The van der Waals surface area contributed by atoms with Crippen molar-refractivity contribution in [3.8, 4) is 11.4 Å². The smallest absolute Gasteiger partial charge is 0.247 e. The Morgan fingerprint density at radius 3 is 2.72 bits per heavy atom. The number of benzene rings is 2. The number of halogens is 1. The number of aromatic nitrogens is 2. The van der Waals surface area contributed by atoms with Crippen molar-refractivity contribution >= 4 is 40.1 Å². The Hall–Kier alpha value is -2.86. The van der Waals surface area contributed by atoms with E-state index in [-0.39, 0.29) is 17.7 Å². The second-order valence-corrected chi connectivity index (χ2v) is 8.07. The van der Waals surface area contributed by atoms with E-state index in [1.54, 1.807) is 4.90 Å². The number of aromatic amines is 1. The van der Waals surface area contributed by atoms with Gasteiger partial charge in [-0.25, -0.2) is 4.98 Å². The van der Waals surface area contributed by atoms with E-state index in [2.05, 4.69) is 15.3 Å². The topological polar surface area (TPSA) is 78.1 Å². The number of fused-ring (bicyclic) bond motifs is 1. The predicted molar refractivity (Wildman–Crippen MR) is 115 cm³/mol. The molecule has 2 aromatic carbocycles. The van der Waals surface area contributed by atoms with Gasteiger partial charge in [0.05, 0.1) is 16.1 Å². The number of H-pyrrole nitrogens is 1. The van der Waals surface area contributed by atoms with E-state index in [0.29, 0.717) is 29.5 Å². The van der Waals surface area contributed by atoms with Crippen LogP contribution in [-0.2, 0) is 9.59 Å². The number of imidazole rings is 1. The molecule has 1 atom stereocenters. The van der Waals surface area contributed by atoms with Crippen molar-refractivity contribution in [1.82, 2.24) is 14.9 Å². The standard InChI is InChI=1S/C22H23ClN4O2/c1-13(2)20(27-11-5-8-19(27)28)22(29)24-14-9-10-17-18(12-14)26-21(25-17)15-6-3-4-7-16(15)23/h3-4,6-7,9-10,12-13,20H,5,8,11H2,1-2H3,(H,24,29)(H,25,26). The minimum atomic E-state index is -0.471. The molecule has 6 nitrogen and oxygen atoms in total. The third-order valence-corrected chi connectivity index (χ3v) is 5.55. The van der Waals surface area contributed by atoms with E-state index >= 15 is 0 Å². The highest BCUT2D eigenvalue weighted by Crippen LogP contribution is 2.28. The fourth-order valence-corrected chi connectivity index (χ4v) is 4.08. The van der Waals surface area contributed by atoms with E-state index < -0.39 is 6.04 Å². The summed E-state index contributed by atoms with van der Waals surface area (Å²) in [6.45, 7) is 4.56. The monoisotopic (exact) mass is 410 g/mol. The molecule has 1 aliphatic heterocycles. The molecule has 0 bridgehead atoms. The largest absolute Gasteiger partial charge is 0.338 e. The second kappa shape index (κ2) is 7.87. The van der Waals surface area contributed by atoms with Crippen molar-refractivity contribution in [1.29, 1.82) is 0 Å². The fourth-order valence-electron chi connectivity index (χ4n) is 3.85. The Morgan fingerprint density at radius 2 is 2.03 bits per heavy atom. The first-order valence-corrected chi connectivity index (χ1v) is 10.2. The van der Waals surface area contributed by atoms with Gasteiger partial charge in [-0.2, -0.15) is 0 Å². The predicted octanol–water partition coefficient (Wildman–Crippen LogP) is 4.47. The maximum Gasteiger partial charge on any atom is 0.247 e. The Bertz CT molecular complexity index is 1080. The first-order chi connectivity index (χ1) is 13.9. The SMILES string of the molecule is CC(C)C(C(=O)Nc1ccc2nc(-c3ccccc3Cl)[nH]c2c1)N1CCCC1=O. The molecule has 1 aliphatic rings. The fraction of sp³-hybridized carbons (Fsp3) is 0.318. The molecule has 1 unspecified atom stereocenters. The van der Waals surface area contributed by atoms with Gasteiger partial charge < -0.3 is 15.2 Å². The third kappa shape index (κ3) is 3.85. The van der Waals surface area contributed by atoms with Crippen LogP contribution >= 0.6 is 11.6 Å². The summed E-state index contributed by atoms with van der Waals surface area (Å²) < 4.78 is 0. The molecule has 150 valence electrons. The van der Waals surface area contributed by atoms with Crippen LogP contribution < -0.4 is 5.32 Å². The lowest BCUT2D eigenvalue weighted by Crippen LogP contribution is -2.47.